The number of ether oxygens (including phenoxy) is 1. The van der Waals surface area contributed by atoms with Crippen LogP contribution in [0.4, 0.5) is 18.0 Å². The van der Waals surface area contributed by atoms with E-state index in [1.165, 1.54) is 23.3 Å². The molecular formula is C11H14F3NO2S. The van der Waals surface area contributed by atoms with Crippen LogP contribution in [0.15, 0.2) is 17.5 Å². The van der Waals surface area contributed by atoms with E-state index in [2.05, 4.69) is 4.74 Å². The Morgan fingerprint density at radius 3 is 2.72 bits per heavy atom. The van der Waals surface area contributed by atoms with Crippen molar-refractivity contribution in [3.05, 3.63) is 22.4 Å². The highest BCUT2D eigenvalue weighted by molar-refractivity contribution is 7.09. The number of carbonyl (C=O) groups excluding carboxylic acids is 1. The first-order chi connectivity index (χ1) is 8.29. The summed E-state index contributed by atoms with van der Waals surface area (Å²) >= 11 is 1.54. The Morgan fingerprint density at radius 2 is 2.22 bits per heavy atom. The summed E-state index contributed by atoms with van der Waals surface area (Å²) in [6.45, 7) is 0.205. The Kier molecular flexibility index (Phi) is 5.01. The van der Waals surface area contributed by atoms with Gasteiger partial charge in [0.1, 0.15) is 0 Å². The SMILES string of the molecule is CC(Cc1cccs1)N(C)C(=O)OCC(F)(F)F. The maximum absolute atomic E-state index is 11.9. The van der Waals surface area contributed by atoms with E-state index in [-0.39, 0.29) is 6.04 Å². The lowest BCUT2D eigenvalue weighted by atomic mass is 10.2. The van der Waals surface area contributed by atoms with Crippen molar-refractivity contribution in [1.29, 1.82) is 0 Å². The smallest absolute Gasteiger partial charge is 0.422 e. The van der Waals surface area contributed by atoms with Crippen LogP contribution >= 0.6 is 11.3 Å². The summed E-state index contributed by atoms with van der Waals surface area (Å²) in [5, 5.41) is 1.91. The number of amides is 1. The van der Waals surface area contributed by atoms with Crippen LogP contribution in [0.5, 0.6) is 0 Å². The van der Waals surface area contributed by atoms with Crippen molar-refractivity contribution < 1.29 is 22.7 Å². The van der Waals surface area contributed by atoms with Crippen molar-refractivity contribution in [2.24, 2.45) is 0 Å². The minimum Gasteiger partial charge on any atom is -0.440 e. The number of hydrogen-bond acceptors (Lipinski definition) is 3. The van der Waals surface area contributed by atoms with Crippen molar-refractivity contribution >= 4 is 17.4 Å². The number of rotatable bonds is 4. The van der Waals surface area contributed by atoms with Crippen molar-refractivity contribution in [2.45, 2.75) is 25.6 Å². The molecule has 0 aliphatic carbocycles. The van der Waals surface area contributed by atoms with Crippen LogP contribution in [-0.4, -0.2) is 36.9 Å². The van der Waals surface area contributed by atoms with Crippen molar-refractivity contribution in [2.75, 3.05) is 13.7 Å². The average molecular weight is 281 g/mol. The van der Waals surface area contributed by atoms with Crippen LogP contribution in [0.25, 0.3) is 0 Å². The van der Waals surface area contributed by atoms with Gasteiger partial charge in [-0.05, 0) is 18.4 Å². The molecule has 1 rings (SSSR count). The minimum absolute atomic E-state index is 0.218. The van der Waals surface area contributed by atoms with Gasteiger partial charge in [0.15, 0.2) is 6.61 Å². The Bertz CT molecular complexity index is 378. The highest BCUT2D eigenvalue weighted by Gasteiger charge is 2.30. The molecule has 0 aromatic carbocycles. The van der Waals surface area contributed by atoms with Crippen LogP contribution < -0.4 is 0 Å². The minimum atomic E-state index is -4.49. The molecule has 0 spiro atoms. The topological polar surface area (TPSA) is 29.5 Å². The second-order valence-electron chi connectivity index (χ2n) is 3.91. The number of halogens is 3. The van der Waals surface area contributed by atoms with Gasteiger partial charge < -0.3 is 9.64 Å². The normalized spacial score (nSPS) is 13.2. The Hall–Kier alpha value is -1.24. The third kappa shape index (κ3) is 4.95. The van der Waals surface area contributed by atoms with Gasteiger partial charge in [0, 0.05) is 24.4 Å². The van der Waals surface area contributed by atoms with Crippen LogP contribution in [0.1, 0.15) is 11.8 Å². The third-order valence-electron chi connectivity index (χ3n) is 2.39. The van der Waals surface area contributed by atoms with Gasteiger partial charge in [0.05, 0.1) is 0 Å². The average Bonchev–Trinajstić information content (AvgIpc) is 2.76. The number of likely N-dealkylation sites (N-methyl/N-ethyl adjacent to an activating group) is 1. The Morgan fingerprint density at radius 1 is 1.56 bits per heavy atom. The van der Waals surface area contributed by atoms with E-state index < -0.39 is 18.9 Å². The lowest BCUT2D eigenvalue weighted by Gasteiger charge is -2.24. The fourth-order valence-corrected chi connectivity index (χ4v) is 2.11. The van der Waals surface area contributed by atoms with E-state index in [4.69, 9.17) is 0 Å². The molecule has 1 aromatic heterocycles. The van der Waals surface area contributed by atoms with Gasteiger partial charge >= 0.3 is 12.3 Å². The van der Waals surface area contributed by atoms with E-state index in [0.29, 0.717) is 6.42 Å². The molecule has 1 atom stereocenters. The van der Waals surface area contributed by atoms with E-state index >= 15 is 0 Å². The van der Waals surface area contributed by atoms with Gasteiger partial charge in [-0.2, -0.15) is 13.2 Å². The number of thiophene rings is 1. The molecule has 0 saturated heterocycles. The number of carbonyl (C=O) groups is 1. The first-order valence-electron chi connectivity index (χ1n) is 5.28. The largest absolute Gasteiger partial charge is 0.440 e. The summed E-state index contributed by atoms with van der Waals surface area (Å²) in [4.78, 5) is 13.6. The van der Waals surface area contributed by atoms with Gasteiger partial charge in [-0.25, -0.2) is 4.79 Å². The van der Waals surface area contributed by atoms with Crippen molar-refractivity contribution in [1.82, 2.24) is 4.90 Å². The Labute approximate surface area is 107 Å². The predicted molar refractivity (Wildman–Crippen MR) is 62.7 cm³/mol. The zero-order valence-electron chi connectivity index (χ0n) is 10.0. The molecule has 0 aliphatic rings. The lowest BCUT2D eigenvalue weighted by molar-refractivity contribution is -0.162. The van der Waals surface area contributed by atoms with Crippen LogP contribution in [0.3, 0.4) is 0 Å². The van der Waals surface area contributed by atoms with Crippen LogP contribution in [-0.2, 0) is 11.2 Å². The number of alkyl halides is 3. The van der Waals surface area contributed by atoms with Crippen molar-refractivity contribution in [3.8, 4) is 0 Å². The van der Waals surface area contributed by atoms with Gasteiger partial charge in [0.2, 0.25) is 0 Å². The zero-order chi connectivity index (χ0) is 13.8. The molecule has 0 fully saturated rings. The summed E-state index contributed by atoms with van der Waals surface area (Å²) in [7, 11) is 1.43. The number of nitrogens with zero attached hydrogens (tertiary/aromatic N) is 1. The van der Waals surface area contributed by atoms with Crippen LogP contribution in [0, 0.1) is 0 Å². The molecule has 0 radical (unpaired) electrons. The fraction of sp³-hybridized carbons (Fsp3) is 0.545. The molecule has 0 aliphatic heterocycles. The Balaban J connectivity index is 2.43. The monoisotopic (exact) mass is 281 g/mol. The molecule has 1 aromatic rings. The van der Waals surface area contributed by atoms with Gasteiger partial charge in [-0.3, -0.25) is 0 Å². The summed E-state index contributed by atoms with van der Waals surface area (Å²) in [6.07, 6.45) is -4.86. The number of hydrogen-bond donors (Lipinski definition) is 0. The molecule has 3 nitrogen and oxygen atoms in total. The fourth-order valence-electron chi connectivity index (χ4n) is 1.28. The van der Waals surface area contributed by atoms with E-state index in [9.17, 15) is 18.0 Å². The molecule has 102 valence electrons. The van der Waals surface area contributed by atoms with Gasteiger partial charge in [0.25, 0.3) is 0 Å². The molecule has 7 heteroatoms. The highest BCUT2D eigenvalue weighted by atomic mass is 32.1. The summed E-state index contributed by atoms with van der Waals surface area (Å²) in [5.41, 5.74) is 0. The quantitative estimate of drug-likeness (QED) is 0.847. The highest BCUT2D eigenvalue weighted by Crippen LogP contribution is 2.17. The summed E-state index contributed by atoms with van der Waals surface area (Å²) in [6, 6.07) is 3.58. The zero-order valence-corrected chi connectivity index (χ0v) is 10.8. The lowest BCUT2D eigenvalue weighted by Crippen LogP contribution is -2.38. The summed E-state index contributed by atoms with van der Waals surface area (Å²) < 4.78 is 39.8. The maximum atomic E-state index is 11.9. The molecule has 1 heterocycles. The molecule has 1 unspecified atom stereocenters. The third-order valence-corrected chi connectivity index (χ3v) is 3.28. The molecule has 0 bridgehead atoms. The molecule has 0 N–H and O–H groups in total. The first-order valence-corrected chi connectivity index (χ1v) is 6.16. The van der Waals surface area contributed by atoms with Gasteiger partial charge in [-0.1, -0.05) is 6.07 Å². The molecular weight excluding hydrogens is 267 g/mol. The standard InChI is InChI=1S/C11H14F3NO2S/c1-8(6-9-4-3-5-18-9)15(2)10(16)17-7-11(12,13)14/h3-5,8H,6-7H2,1-2H3. The molecule has 1 amide bonds. The molecule has 0 saturated carbocycles. The van der Waals surface area contributed by atoms with Gasteiger partial charge in [-0.15, -0.1) is 11.3 Å². The second-order valence-corrected chi connectivity index (χ2v) is 4.95. The summed E-state index contributed by atoms with van der Waals surface area (Å²) in [5.74, 6) is 0. The second kappa shape index (κ2) is 6.08. The van der Waals surface area contributed by atoms with E-state index in [1.54, 1.807) is 6.92 Å². The van der Waals surface area contributed by atoms with Crippen molar-refractivity contribution in [3.63, 3.8) is 0 Å². The maximum Gasteiger partial charge on any atom is 0.422 e. The predicted octanol–water partition coefficient (Wildman–Crippen LogP) is 3.31. The molecule has 18 heavy (non-hydrogen) atoms. The van der Waals surface area contributed by atoms with E-state index in [0.717, 1.165) is 4.88 Å². The first kappa shape index (κ1) is 14.8. The van der Waals surface area contributed by atoms with E-state index in [1.807, 2.05) is 17.5 Å². The van der Waals surface area contributed by atoms with Crippen LogP contribution in [0.2, 0.25) is 0 Å².